The van der Waals surface area contributed by atoms with E-state index in [2.05, 4.69) is 0 Å². The molecule has 4 N–H and O–H groups in total. The summed E-state index contributed by atoms with van der Waals surface area (Å²) in [5.41, 5.74) is 3.83. The monoisotopic (exact) mass is 257 g/mol. The molecule has 4 nitrogen and oxygen atoms in total. The lowest BCUT2D eigenvalue weighted by Gasteiger charge is -2.30. The largest absolute Gasteiger partial charge is 0.384 e. The number of aliphatic hydroxyl groups excluding tert-OH is 1. The zero-order chi connectivity index (χ0) is 13.9. The maximum absolute atomic E-state index is 11.6. The average molecular weight is 257 g/mol. The molecule has 0 radical (unpaired) electrons. The van der Waals surface area contributed by atoms with Gasteiger partial charge in [-0.15, -0.1) is 0 Å². The summed E-state index contributed by atoms with van der Waals surface area (Å²) in [6, 6.07) is 16.6. The van der Waals surface area contributed by atoms with Crippen molar-refractivity contribution in [2.45, 2.75) is 11.7 Å². The highest BCUT2D eigenvalue weighted by Gasteiger charge is 2.44. The Bertz CT molecular complexity index is 556. The first-order chi connectivity index (χ1) is 9.06. The van der Waals surface area contributed by atoms with Crippen LogP contribution in [-0.4, -0.2) is 16.1 Å². The van der Waals surface area contributed by atoms with Gasteiger partial charge >= 0.3 is 0 Å². The van der Waals surface area contributed by atoms with Gasteiger partial charge in [0.15, 0.2) is 5.60 Å². The van der Waals surface area contributed by atoms with Crippen LogP contribution in [0.4, 0.5) is 0 Å². The van der Waals surface area contributed by atoms with Crippen LogP contribution in [0.5, 0.6) is 0 Å². The number of aliphatic hydroxyl groups is 2. The van der Waals surface area contributed by atoms with Crippen molar-refractivity contribution in [1.29, 1.82) is 0 Å². The summed E-state index contributed by atoms with van der Waals surface area (Å²) in [6.07, 6.45) is -1.42. The van der Waals surface area contributed by atoms with Gasteiger partial charge in [-0.1, -0.05) is 60.7 Å². The lowest BCUT2D eigenvalue weighted by atomic mass is 9.84. The van der Waals surface area contributed by atoms with E-state index in [4.69, 9.17) is 5.73 Å². The fourth-order valence-corrected chi connectivity index (χ4v) is 2.00. The molecule has 19 heavy (non-hydrogen) atoms. The maximum Gasteiger partial charge on any atom is 0.257 e. The predicted molar refractivity (Wildman–Crippen MR) is 70.9 cm³/mol. The van der Waals surface area contributed by atoms with Crippen LogP contribution in [0.15, 0.2) is 60.7 Å². The van der Waals surface area contributed by atoms with E-state index in [1.807, 2.05) is 0 Å². The van der Waals surface area contributed by atoms with Crippen molar-refractivity contribution in [3.8, 4) is 0 Å². The fraction of sp³-hybridized carbons (Fsp3) is 0.133. The molecule has 0 aliphatic heterocycles. The van der Waals surface area contributed by atoms with Crippen LogP contribution in [0.2, 0.25) is 0 Å². The topological polar surface area (TPSA) is 83.6 Å². The second kappa shape index (κ2) is 5.22. The number of benzene rings is 2. The second-order valence-corrected chi connectivity index (χ2v) is 4.31. The summed E-state index contributed by atoms with van der Waals surface area (Å²) in [5.74, 6) is -0.991. The molecule has 2 aromatic carbocycles. The second-order valence-electron chi connectivity index (χ2n) is 4.31. The van der Waals surface area contributed by atoms with Crippen LogP contribution in [0.1, 0.15) is 17.2 Å². The van der Waals surface area contributed by atoms with Gasteiger partial charge in [-0.2, -0.15) is 0 Å². The third-order valence-electron chi connectivity index (χ3n) is 3.10. The molecule has 98 valence electrons. The minimum atomic E-state index is -2.15. The van der Waals surface area contributed by atoms with Crippen molar-refractivity contribution in [3.05, 3.63) is 71.8 Å². The average Bonchev–Trinajstić information content (AvgIpc) is 2.47. The van der Waals surface area contributed by atoms with E-state index in [0.717, 1.165) is 0 Å². The number of carbonyl (C=O) groups excluding carboxylic acids is 1. The van der Waals surface area contributed by atoms with Crippen LogP contribution in [-0.2, 0) is 10.4 Å². The molecule has 0 aliphatic rings. The van der Waals surface area contributed by atoms with Crippen LogP contribution < -0.4 is 5.73 Å². The summed E-state index contributed by atoms with van der Waals surface area (Å²) in [7, 11) is 0. The van der Waals surface area contributed by atoms with Gasteiger partial charge in [0, 0.05) is 0 Å². The summed E-state index contributed by atoms with van der Waals surface area (Å²) in [5, 5.41) is 20.9. The molecule has 4 heteroatoms. The Hall–Kier alpha value is -2.17. The first kappa shape index (κ1) is 13.3. The molecule has 2 atom stereocenters. The molecule has 0 saturated carbocycles. The maximum atomic E-state index is 11.6. The number of carbonyl (C=O) groups is 1. The number of hydrogen-bond donors (Lipinski definition) is 3. The quantitative estimate of drug-likeness (QED) is 0.766. The summed E-state index contributed by atoms with van der Waals surface area (Å²) < 4.78 is 0. The van der Waals surface area contributed by atoms with Crippen molar-refractivity contribution in [1.82, 2.24) is 0 Å². The molecule has 0 saturated heterocycles. The Morgan fingerprint density at radius 2 is 1.47 bits per heavy atom. The summed E-state index contributed by atoms with van der Waals surface area (Å²) in [6.45, 7) is 0. The Balaban J connectivity index is 2.49. The smallest absolute Gasteiger partial charge is 0.257 e. The molecule has 0 fully saturated rings. The van der Waals surface area contributed by atoms with Crippen LogP contribution >= 0.6 is 0 Å². The van der Waals surface area contributed by atoms with Gasteiger partial charge in [-0.05, 0) is 11.1 Å². The molecular formula is C15H15NO3. The molecule has 0 bridgehead atoms. The van der Waals surface area contributed by atoms with Gasteiger partial charge in [0.1, 0.15) is 6.10 Å². The zero-order valence-electron chi connectivity index (χ0n) is 10.2. The lowest BCUT2D eigenvalue weighted by molar-refractivity contribution is -0.152. The number of amides is 1. The molecule has 2 aromatic rings. The number of primary amides is 1. The molecule has 0 aliphatic carbocycles. The van der Waals surface area contributed by atoms with E-state index < -0.39 is 17.6 Å². The zero-order valence-corrected chi connectivity index (χ0v) is 10.2. The first-order valence-electron chi connectivity index (χ1n) is 5.87. The Morgan fingerprint density at radius 3 is 1.95 bits per heavy atom. The van der Waals surface area contributed by atoms with Crippen LogP contribution in [0.3, 0.4) is 0 Å². The molecule has 2 rings (SSSR count). The highest BCUT2D eigenvalue weighted by molar-refractivity contribution is 5.85. The van der Waals surface area contributed by atoms with Crippen molar-refractivity contribution >= 4 is 5.91 Å². The highest BCUT2D eigenvalue weighted by Crippen LogP contribution is 2.34. The van der Waals surface area contributed by atoms with Gasteiger partial charge in [-0.25, -0.2) is 0 Å². The van der Waals surface area contributed by atoms with Crippen molar-refractivity contribution < 1.29 is 15.0 Å². The molecule has 0 aromatic heterocycles. The molecule has 2 unspecified atom stereocenters. The molecule has 1 amide bonds. The van der Waals surface area contributed by atoms with Crippen molar-refractivity contribution in [3.63, 3.8) is 0 Å². The number of hydrogen-bond acceptors (Lipinski definition) is 3. The van der Waals surface area contributed by atoms with E-state index in [0.29, 0.717) is 5.56 Å². The predicted octanol–water partition coefficient (Wildman–Crippen LogP) is 1.09. The van der Waals surface area contributed by atoms with E-state index >= 15 is 0 Å². The van der Waals surface area contributed by atoms with Crippen molar-refractivity contribution in [2.24, 2.45) is 5.73 Å². The third-order valence-corrected chi connectivity index (χ3v) is 3.10. The van der Waals surface area contributed by atoms with E-state index in [1.54, 1.807) is 60.7 Å². The molecule has 0 heterocycles. The summed E-state index contributed by atoms with van der Waals surface area (Å²) >= 11 is 0. The Morgan fingerprint density at radius 1 is 1.00 bits per heavy atom. The van der Waals surface area contributed by atoms with Crippen LogP contribution in [0.25, 0.3) is 0 Å². The molecular weight excluding hydrogens is 242 g/mol. The number of nitrogens with two attached hydrogens (primary N) is 1. The van der Waals surface area contributed by atoms with Gasteiger partial charge in [0.25, 0.3) is 5.91 Å². The highest BCUT2D eigenvalue weighted by atomic mass is 16.4. The van der Waals surface area contributed by atoms with E-state index in [-0.39, 0.29) is 5.56 Å². The third kappa shape index (κ3) is 2.36. The Labute approximate surface area is 111 Å². The lowest BCUT2D eigenvalue weighted by Crippen LogP contribution is -2.46. The molecule has 0 spiro atoms. The van der Waals surface area contributed by atoms with Gasteiger partial charge in [-0.3, -0.25) is 4.79 Å². The SMILES string of the molecule is NC(=O)C(O)(c1ccccc1)C(O)c1ccccc1. The number of rotatable bonds is 4. The van der Waals surface area contributed by atoms with E-state index in [9.17, 15) is 15.0 Å². The van der Waals surface area contributed by atoms with Gasteiger partial charge in [0.05, 0.1) is 0 Å². The van der Waals surface area contributed by atoms with Crippen LogP contribution in [0, 0.1) is 0 Å². The fourth-order valence-electron chi connectivity index (χ4n) is 2.00. The minimum Gasteiger partial charge on any atom is -0.384 e. The first-order valence-corrected chi connectivity index (χ1v) is 5.87. The Kier molecular flexibility index (Phi) is 3.64. The van der Waals surface area contributed by atoms with E-state index in [1.165, 1.54) is 0 Å². The standard InChI is InChI=1S/C15H15NO3/c16-14(18)15(19,12-9-5-2-6-10-12)13(17)11-7-3-1-4-8-11/h1-10,13,17,19H,(H2,16,18). The van der Waals surface area contributed by atoms with Crippen molar-refractivity contribution in [2.75, 3.05) is 0 Å². The van der Waals surface area contributed by atoms with Gasteiger partial charge < -0.3 is 15.9 Å². The summed E-state index contributed by atoms with van der Waals surface area (Å²) in [4.78, 5) is 11.6. The normalized spacial score (nSPS) is 15.5. The van der Waals surface area contributed by atoms with Gasteiger partial charge in [0.2, 0.25) is 0 Å². The minimum absolute atomic E-state index is 0.263.